The van der Waals surface area contributed by atoms with Gasteiger partial charge in [-0.3, -0.25) is 14.6 Å². The van der Waals surface area contributed by atoms with E-state index in [1.165, 1.54) is 41.0 Å². The molecular weight excluding hydrogens is 629 g/mol. The summed E-state index contributed by atoms with van der Waals surface area (Å²) >= 11 is 12.4. The molecule has 0 aliphatic carbocycles. The summed E-state index contributed by atoms with van der Waals surface area (Å²) in [6.45, 7) is -1.19. The summed E-state index contributed by atoms with van der Waals surface area (Å²) in [5.41, 5.74) is 2.22. The van der Waals surface area contributed by atoms with E-state index in [2.05, 4.69) is 25.7 Å². The molecule has 0 spiro atoms. The number of rotatable bonds is 5. The first-order valence-electron chi connectivity index (χ1n) is 14.0. The Labute approximate surface area is 265 Å². The van der Waals surface area contributed by atoms with Gasteiger partial charge in [0.05, 0.1) is 54.5 Å². The number of carbonyl (C=O) groups excluding carboxylic acids is 1. The molecule has 11 nitrogen and oxygen atoms in total. The number of alkyl halides is 2. The zero-order valence-electron chi connectivity index (χ0n) is 24.0. The van der Waals surface area contributed by atoms with Crippen LogP contribution in [-0.4, -0.2) is 47.3 Å². The molecule has 15 heteroatoms. The fourth-order valence-corrected chi connectivity index (χ4v) is 5.83. The van der Waals surface area contributed by atoms with Crippen LogP contribution in [-0.2, 0) is 4.79 Å². The van der Waals surface area contributed by atoms with Crippen LogP contribution in [0.3, 0.4) is 0 Å². The molecule has 4 aromatic heterocycles. The number of amides is 1. The monoisotopic (exact) mass is 654 g/mol. The zero-order valence-corrected chi connectivity index (χ0v) is 25.5. The maximum atomic E-state index is 14.0. The number of anilines is 1. The van der Waals surface area contributed by atoms with Crippen molar-refractivity contribution in [3.05, 3.63) is 87.4 Å². The minimum absolute atomic E-state index is 0.0375. The van der Waals surface area contributed by atoms with Crippen molar-refractivity contribution in [3.8, 4) is 33.8 Å². The number of nitrogens with zero attached hydrogens (tertiary/aromatic N) is 7. The van der Waals surface area contributed by atoms with E-state index in [4.69, 9.17) is 27.9 Å². The first-order valence-corrected chi connectivity index (χ1v) is 14.7. The lowest BCUT2D eigenvalue weighted by Gasteiger charge is -2.24. The van der Waals surface area contributed by atoms with E-state index in [0.717, 1.165) is 0 Å². The van der Waals surface area contributed by atoms with Crippen LogP contribution in [0.5, 0.6) is 5.75 Å². The van der Waals surface area contributed by atoms with E-state index in [0.29, 0.717) is 62.8 Å². The van der Waals surface area contributed by atoms with Gasteiger partial charge in [-0.05, 0) is 43.2 Å². The Morgan fingerprint density at radius 3 is 2.62 bits per heavy atom. The van der Waals surface area contributed by atoms with E-state index < -0.39 is 18.5 Å². The lowest BCUT2D eigenvalue weighted by atomic mass is 9.96. The molecule has 5 heterocycles. The highest BCUT2D eigenvalue weighted by molar-refractivity contribution is 6.31. The smallest absolute Gasteiger partial charge is 0.333 e. The Bertz CT molecular complexity index is 1960. The molecule has 1 amide bonds. The Morgan fingerprint density at radius 2 is 1.89 bits per heavy atom. The summed E-state index contributed by atoms with van der Waals surface area (Å²) < 4.78 is 37.3. The second-order valence-electron chi connectivity index (χ2n) is 10.6. The topological polar surface area (TPSA) is 122 Å². The molecule has 2 bridgehead atoms. The maximum Gasteiger partial charge on any atom is 0.333 e. The molecule has 0 fully saturated rings. The molecule has 232 valence electrons. The van der Waals surface area contributed by atoms with Crippen molar-refractivity contribution in [2.75, 3.05) is 12.4 Å². The van der Waals surface area contributed by atoms with Crippen LogP contribution >= 0.6 is 23.2 Å². The lowest BCUT2D eigenvalue weighted by Crippen LogP contribution is -2.27. The quantitative estimate of drug-likeness (QED) is 0.232. The third kappa shape index (κ3) is 5.92. The fourth-order valence-electron chi connectivity index (χ4n) is 5.53. The van der Waals surface area contributed by atoms with Crippen LogP contribution in [0.2, 0.25) is 10.2 Å². The van der Waals surface area contributed by atoms with Gasteiger partial charge in [0.15, 0.2) is 5.15 Å². The van der Waals surface area contributed by atoms with E-state index in [1.54, 1.807) is 43.5 Å². The van der Waals surface area contributed by atoms with Crippen LogP contribution in [0.25, 0.3) is 28.1 Å². The summed E-state index contributed by atoms with van der Waals surface area (Å²) in [5, 5.41) is 15.1. The molecule has 0 saturated carbocycles. The molecule has 1 aliphatic heterocycles. The van der Waals surface area contributed by atoms with Gasteiger partial charge in [-0.25, -0.2) is 9.36 Å². The predicted molar refractivity (Wildman–Crippen MR) is 164 cm³/mol. The SMILES string of the molecule is COc1cn([C@H]2CCC[C@H](C)C(=O)Nc3cnn(C(F)F)c3-c3ccnc2c3)c(=O)cc1-c1cc(Cl)ccc1-n1cc(Cl)nn1. The summed E-state index contributed by atoms with van der Waals surface area (Å²) in [7, 11) is 1.48. The number of methoxy groups -OCH3 is 1. The number of aromatic nitrogens is 7. The molecule has 1 aromatic carbocycles. The lowest BCUT2D eigenvalue weighted by molar-refractivity contribution is -0.119. The summed E-state index contributed by atoms with van der Waals surface area (Å²) in [5.74, 6) is -0.387. The van der Waals surface area contributed by atoms with Gasteiger partial charge in [-0.15, -0.1) is 5.10 Å². The number of halogens is 4. The van der Waals surface area contributed by atoms with Crippen LogP contribution in [0.15, 0.2) is 66.0 Å². The second-order valence-corrected chi connectivity index (χ2v) is 11.4. The molecule has 5 aromatic rings. The van der Waals surface area contributed by atoms with Crippen LogP contribution < -0.4 is 15.6 Å². The molecule has 2 atom stereocenters. The van der Waals surface area contributed by atoms with Crippen LogP contribution in [0, 0.1) is 5.92 Å². The number of pyridine rings is 2. The van der Waals surface area contributed by atoms with Gasteiger partial charge >= 0.3 is 6.55 Å². The predicted octanol–water partition coefficient (Wildman–Crippen LogP) is 6.41. The zero-order chi connectivity index (χ0) is 31.8. The largest absolute Gasteiger partial charge is 0.495 e. The van der Waals surface area contributed by atoms with Gasteiger partial charge < -0.3 is 14.6 Å². The number of benzene rings is 1. The number of hydrogen-bond acceptors (Lipinski definition) is 7. The highest BCUT2D eigenvalue weighted by Crippen LogP contribution is 2.38. The maximum absolute atomic E-state index is 14.0. The van der Waals surface area contributed by atoms with Crippen LogP contribution in [0.1, 0.15) is 44.5 Å². The molecule has 1 N–H and O–H groups in total. The molecule has 45 heavy (non-hydrogen) atoms. The number of ether oxygens (including phenoxy) is 1. The van der Waals surface area contributed by atoms with Crippen molar-refractivity contribution in [1.82, 2.24) is 34.3 Å². The summed E-state index contributed by atoms with van der Waals surface area (Å²) in [4.78, 5) is 31.4. The number of nitrogens with one attached hydrogen (secondary N) is 1. The van der Waals surface area contributed by atoms with Crippen LogP contribution in [0.4, 0.5) is 14.5 Å². The van der Waals surface area contributed by atoms with E-state index in [-0.39, 0.29) is 28.0 Å². The number of fused-ring (bicyclic) bond motifs is 4. The van der Waals surface area contributed by atoms with Gasteiger partial charge in [-0.2, -0.15) is 13.9 Å². The Balaban J connectivity index is 1.50. The van der Waals surface area contributed by atoms with Crippen molar-refractivity contribution < 1.29 is 18.3 Å². The van der Waals surface area contributed by atoms with Crippen molar-refractivity contribution >= 4 is 34.8 Å². The van der Waals surface area contributed by atoms with Crippen molar-refractivity contribution in [2.45, 2.75) is 38.8 Å². The van der Waals surface area contributed by atoms with Gasteiger partial charge in [-0.1, -0.05) is 41.8 Å². The van der Waals surface area contributed by atoms with Crippen molar-refractivity contribution in [3.63, 3.8) is 0 Å². The van der Waals surface area contributed by atoms with E-state index in [1.807, 2.05) is 0 Å². The summed E-state index contributed by atoms with van der Waals surface area (Å²) in [6.07, 6.45) is 7.29. The minimum atomic E-state index is -2.95. The molecule has 0 saturated heterocycles. The standard InChI is InChI=1S/C30H26Cl2F2N8O3/c1-16-4-3-5-24(21-10-17(8-9-35-21)28-22(37-29(16)44)13-36-42(28)30(33)34)40-14-25(45-2)20(12-27(40)43)19-11-18(31)6-7-23(19)41-15-26(32)38-39-41/h6-16,24,30H,3-5H2,1-2H3,(H,37,44)/t16-,24-/m0/s1. The van der Waals surface area contributed by atoms with Gasteiger partial charge in [0.1, 0.15) is 5.75 Å². The molecule has 0 unspecified atom stereocenters. The highest BCUT2D eigenvalue weighted by Gasteiger charge is 2.27. The second kappa shape index (κ2) is 12.4. The first-order chi connectivity index (χ1) is 21.6. The average Bonchev–Trinajstić information content (AvgIpc) is 3.65. The van der Waals surface area contributed by atoms with E-state index >= 15 is 0 Å². The first kappa shape index (κ1) is 30.4. The summed E-state index contributed by atoms with van der Waals surface area (Å²) in [6, 6.07) is 9.11. The average molecular weight is 655 g/mol. The fraction of sp³-hybridized carbons (Fsp3) is 0.267. The van der Waals surface area contributed by atoms with Crippen molar-refractivity contribution in [2.24, 2.45) is 5.92 Å². The molecular formula is C30H26Cl2F2N8O3. The molecule has 0 radical (unpaired) electrons. The van der Waals surface area contributed by atoms with Gasteiger partial charge in [0, 0.05) is 39.9 Å². The van der Waals surface area contributed by atoms with Crippen molar-refractivity contribution in [1.29, 1.82) is 0 Å². The Morgan fingerprint density at radius 1 is 1.07 bits per heavy atom. The van der Waals surface area contributed by atoms with E-state index in [9.17, 15) is 18.4 Å². The Hall–Kier alpha value is -4.62. The highest BCUT2D eigenvalue weighted by atomic mass is 35.5. The normalized spacial score (nSPS) is 16.9. The Kier molecular flexibility index (Phi) is 8.38. The van der Waals surface area contributed by atoms with Gasteiger partial charge in [0.2, 0.25) is 5.91 Å². The minimum Gasteiger partial charge on any atom is -0.495 e. The number of carbonyl (C=O) groups is 1. The number of hydrogen-bond donors (Lipinski definition) is 1. The molecule has 6 rings (SSSR count). The third-order valence-electron chi connectivity index (χ3n) is 7.76. The van der Waals surface area contributed by atoms with Gasteiger partial charge in [0.25, 0.3) is 5.56 Å². The third-order valence-corrected chi connectivity index (χ3v) is 8.17. The molecule has 1 aliphatic rings.